The van der Waals surface area contributed by atoms with Gasteiger partial charge in [-0.1, -0.05) is 42.5 Å². The van der Waals surface area contributed by atoms with Crippen molar-refractivity contribution in [3.05, 3.63) is 90.0 Å². The first-order valence-corrected chi connectivity index (χ1v) is 10.9. The van der Waals surface area contributed by atoms with Crippen LogP contribution in [-0.2, 0) is 4.79 Å². The van der Waals surface area contributed by atoms with Gasteiger partial charge in [0, 0.05) is 17.0 Å². The quantitative estimate of drug-likeness (QED) is 0.464. The maximum atomic E-state index is 12.5. The number of hydrogen-bond donors (Lipinski definition) is 3. The summed E-state index contributed by atoms with van der Waals surface area (Å²) in [5.41, 5.74) is 2.48. The topological polar surface area (TPSA) is 87.7 Å². The number of thioether (sulfide) groups is 1. The zero-order chi connectivity index (χ0) is 22.1. The van der Waals surface area contributed by atoms with Crippen LogP contribution in [0.25, 0.3) is 0 Å². The second kappa shape index (κ2) is 11.2. The Hall–Kier alpha value is -3.29. The van der Waals surface area contributed by atoms with Gasteiger partial charge in [-0.25, -0.2) is 0 Å². The molecule has 31 heavy (non-hydrogen) atoms. The van der Waals surface area contributed by atoms with Gasteiger partial charge in [0.1, 0.15) is 5.75 Å². The maximum Gasteiger partial charge on any atom is 0.255 e. The van der Waals surface area contributed by atoms with E-state index in [1.165, 1.54) is 11.8 Å². The monoisotopic (exact) mass is 436 g/mol. The van der Waals surface area contributed by atoms with E-state index in [9.17, 15) is 14.7 Å². The minimum atomic E-state index is -0.611. The first-order valence-electron chi connectivity index (χ1n) is 9.72. The molecule has 2 amide bonds. The summed E-state index contributed by atoms with van der Waals surface area (Å²) in [6.07, 6.45) is -0.611. The summed E-state index contributed by atoms with van der Waals surface area (Å²) >= 11 is 1.36. The van der Waals surface area contributed by atoms with Crippen LogP contribution in [0, 0.1) is 0 Å². The third-order valence-corrected chi connectivity index (χ3v) is 5.50. The second-order valence-corrected chi connectivity index (χ2v) is 7.75. The average Bonchev–Trinajstić information content (AvgIpc) is 2.80. The third-order valence-electron chi connectivity index (χ3n) is 4.48. The summed E-state index contributed by atoms with van der Waals surface area (Å²) in [6, 6.07) is 23.2. The number of para-hydroxylation sites is 2. The molecule has 1 unspecified atom stereocenters. The van der Waals surface area contributed by atoms with Crippen LogP contribution in [-0.4, -0.2) is 35.5 Å². The lowest BCUT2D eigenvalue weighted by Crippen LogP contribution is -2.16. The lowest BCUT2D eigenvalue weighted by molar-refractivity contribution is -0.113. The van der Waals surface area contributed by atoms with E-state index in [-0.39, 0.29) is 17.6 Å². The van der Waals surface area contributed by atoms with Gasteiger partial charge in [0.2, 0.25) is 5.91 Å². The lowest BCUT2D eigenvalue weighted by Gasteiger charge is -2.11. The molecule has 0 heterocycles. The summed E-state index contributed by atoms with van der Waals surface area (Å²) in [5.74, 6) is 0.790. The Morgan fingerprint density at radius 2 is 1.61 bits per heavy atom. The van der Waals surface area contributed by atoms with E-state index in [0.29, 0.717) is 28.4 Å². The van der Waals surface area contributed by atoms with Crippen molar-refractivity contribution in [2.45, 2.75) is 6.10 Å². The van der Waals surface area contributed by atoms with E-state index >= 15 is 0 Å². The molecule has 0 radical (unpaired) electrons. The molecule has 0 spiro atoms. The van der Waals surface area contributed by atoms with Crippen LogP contribution in [0.2, 0.25) is 0 Å². The van der Waals surface area contributed by atoms with Crippen LogP contribution < -0.4 is 15.4 Å². The van der Waals surface area contributed by atoms with Crippen molar-refractivity contribution in [3.8, 4) is 5.75 Å². The SMILES string of the molecule is COc1ccccc1NC(=O)c1ccc(NC(=O)CSCC(O)c2ccccc2)cc1. The van der Waals surface area contributed by atoms with E-state index in [0.717, 1.165) is 5.56 Å². The van der Waals surface area contributed by atoms with Gasteiger partial charge in [0.05, 0.1) is 24.7 Å². The van der Waals surface area contributed by atoms with Gasteiger partial charge in [-0.3, -0.25) is 9.59 Å². The Morgan fingerprint density at radius 1 is 0.935 bits per heavy atom. The zero-order valence-corrected chi connectivity index (χ0v) is 17.9. The fraction of sp³-hybridized carbons (Fsp3) is 0.167. The molecule has 3 aromatic rings. The highest BCUT2D eigenvalue weighted by Gasteiger charge is 2.11. The van der Waals surface area contributed by atoms with Crippen LogP contribution in [0.15, 0.2) is 78.9 Å². The number of carbonyl (C=O) groups is 2. The average molecular weight is 437 g/mol. The molecule has 0 aliphatic carbocycles. The van der Waals surface area contributed by atoms with Gasteiger partial charge in [-0.2, -0.15) is 0 Å². The molecule has 6 nitrogen and oxygen atoms in total. The standard InChI is InChI=1S/C24H24N2O4S/c1-30-22-10-6-5-9-20(22)26-24(29)18-11-13-19(14-12-18)25-23(28)16-31-15-21(27)17-7-3-2-4-8-17/h2-14,21,27H,15-16H2,1H3,(H,25,28)(H,26,29). The van der Waals surface area contributed by atoms with Gasteiger partial charge in [0.15, 0.2) is 0 Å². The van der Waals surface area contributed by atoms with E-state index in [1.54, 1.807) is 43.5 Å². The van der Waals surface area contributed by atoms with Gasteiger partial charge in [0.25, 0.3) is 5.91 Å². The molecular formula is C24H24N2O4S. The van der Waals surface area contributed by atoms with Crippen molar-refractivity contribution < 1.29 is 19.4 Å². The van der Waals surface area contributed by atoms with E-state index in [2.05, 4.69) is 10.6 Å². The number of aliphatic hydroxyl groups excluding tert-OH is 1. The van der Waals surface area contributed by atoms with Gasteiger partial charge in [-0.05, 0) is 42.0 Å². The predicted octanol–water partition coefficient (Wildman–Crippen LogP) is 4.35. The molecule has 0 aliphatic rings. The van der Waals surface area contributed by atoms with Crippen LogP contribution in [0.3, 0.4) is 0 Å². The number of benzene rings is 3. The number of hydrogen-bond acceptors (Lipinski definition) is 5. The second-order valence-electron chi connectivity index (χ2n) is 6.72. The highest BCUT2D eigenvalue weighted by atomic mass is 32.2. The first kappa shape index (κ1) is 22.4. The largest absolute Gasteiger partial charge is 0.495 e. The summed E-state index contributed by atoms with van der Waals surface area (Å²) in [4.78, 5) is 24.6. The normalized spacial score (nSPS) is 11.4. The van der Waals surface area contributed by atoms with Crippen LogP contribution in [0.1, 0.15) is 22.0 Å². The number of ether oxygens (including phenoxy) is 1. The first-order chi connectivity index (χ1) is 15.1. The van der Waals surface area contributed by atoms with E-state index < -0.39 is 6.10 Å². The van der Waals surface area contributed by atoms with Gasteiger partial charge >= 0.3 is 0 Å². The fourth-order valence-electron chi connectivity index (χ4n) is 2.88. The smallest absolute Gasteiger partial charge is 0.255 e. The number of nitrogens with one attached hydrogen (secondary N) is 2. The molecule has 3 N–H and O–H groups in total. The number of carbonyl (C=O) groups excluding carboxylic acids is 2. The van der Waals surface area contributed by atoms with Crippen molar-refractivity contribution in [2.75, 3.05) is 29.2 Å². The molecule has 3 rings (SSSR count). The Labute approximate surface area is 185 Å². The number of rotatable bonds is 9. The molecule has 7 heteroatoms. The maximum absolute atomic E-state index is 12.5. The summed E-state index contributed by atoms with van der Waals surface area (Å²) in [6.45, 7) is 0. The van der Waals surface area contributed by atoms with Crippen LogP contribution in [0.4, 0.5) is 11.4 Å². The third kappa shape index (κ3) is 6.60. The van der Waals surface area contributed by atoms with Crippen molar-refractivity contribution >= 4 is 35.0 Å². The Bertz CT molecular complexity index is 1010. The number of anilines is 2. The summed E-state index contributed by atoms with van der Waals surface area (Å²) < 4.78 is 5.24. The molecule has 0 saturated heterocycles. The van der Waals surface area contributed by atoms with Crippen molar-refractivity contribution in [3.63, 3.8) is 0 Å². The molecule has 0 fully saturated rings. The molecule has 0 bridgehead atoms. The molecule has 160 valence electrons. The Balaban J connectivity index is 1.47. The Morgan fingerprint density at radius 3 is 2.32 bits per heavy atom. The number of aliphatic hydroxyl groups is 1. The molecule has 0 aliphatic heterocycles. The van der Waals surface area contributed by atoms with E-state index in [4.69, 9.17) is 4.74 Å². The predicted molar refractivity (Wildman–Crippen MR) is 125 cm³/mol. The van der Waals surface area contributed by atoms with Gasteiger partial charge in [-0.15, -0.1) is 11.8 Å². The number of amides is 2. The zero-order valence-electron chi connectivity index (χ0n) is 17.1. The van der Waals surface area contributed by atoms with Crippen molar-refractivity contribution in [1.29, 1.82) is 0 Å². The van der Waals surface area contributed by atoms with Crippen molar-refractivity contribution in [2.24, 2.45) is 0 Å². The molecule has 0 saturated carbocycles. The molecule has 3 aromatic carbocycles. The molecule has 1 atom stereocenters. The van der Waals surface area contributed by atoms with E-state index in [1.807, 2.05) is 42.5 Å². The summed E-state index contributed by atoms with van der Waals surface area (Å²) in [7, 11) is 1.54. The minimum absolute atomic E-state index is 0.170. The molecular weight excluding hydrogens is 412 g/mol. The highest BCUT2D eigenvalue weighted by Crippen LogP contribution is 2.24. The van der Waals surface area contributed by atoms with Crippen LogP contribution in [0.5, 0.6) is 5.75 Å². The molecule has 0 aromatic heterocycles. The lowest BCUT2D eigenvalue weighted by atomic mass is 10.1. The Kier molecular flexibility index (Phi) is 8.09. The minimum Gasteiger partial charge on any atom is -0.495 e. The summed E-state index contributed by atoms with van der Waals surface area (Å²) in [5, 5.41) is 15.8. The highest BCUT2D eigenvalue weighted by molar-refractivity contribution is 8.00. The van der Waals surface area contributed by atoms with Gasteiger partial charge < -0.3 is 20.5 Å². The number of methoxy groups -OCH3 is 1. The fourth-order valence-corrected chi connectivity index (χ4v) is 3.67. The van der Waals surface area contributed by atoms with Crippen molar-refractivity contribution in [1.82, 2.24) is 0 Å². The van der Waals surface area contributed by atoms with Crippen LogP contribution >= 0.6 is 11.8 Å².